The number of rotatable bonds is 6. The molecule has 2 aliphatic rings. The van der Waals surface area contributed by atoms with Gasteiger partial charge in [-0.3, -0.25) is 0 Å². The van der Waals surface area contributed by atoms with Gasteiger partial charge in [0.2, 0.25) is 0 Å². The number of benzene rings is 9. The molecule has 0 unspecified atom stereocenters. The van der Waals surface area contributed by atoms with Crippen LogP contribution in [-0.4, -0.2) is 4.57 Å². The van der Waals surface area contributed by atoms with Crippen molar-refractivity contribution in [2.24, 2.45) is 0 Å². The standard InChI is InChI=1S/C57H40N2/c1-3-16-39(17-4-1)47-24-10-13-28-54(47)58(46-31-32-49-48-25-9-12-27-52(48)57(53(49)36-46)37-42-18-7-8-19-43(42)38-57)45-23-15-20-40(34-45)41-30-33-56-51(35-41)50-26-11-14-29-55(50)59(56)44-21-5-2-6-22-44/h1-36H,37-38H2. The van der Waals surface area contributed by atoms with Crippen LogP contribution >= 0.6 is 0 Å². The third-order valence-electron chi connectivity index (χ3n) is 13.0. The van der Waals surface area contributed by atoms with E-state index in [1.807, 2.05) is 0 Å². The van der Waals surface area contributed by atoms with Crippen molar-refractivity contribution in [3.63, 3.8) is 0 Å². The van der Waals surface area contributed by atoms with E-state index in [0.29, 0.717) is 0 Å². The Morgan fingerprint density at radius 1 is 0.373 bits per heavy atom. The normalized spacial score (nSPS) is 13.4. The first-order valence-electron chi connectivity index (χ1n) is 20.7. The lowest BCUT2D eigenvalue weighted by Crippen LogP contribution is -2.26. The van der Waals surface area contributed by atoms with E-state index in [9.17, 15) is 0 Å². The second kappa shape index (κ2) is 13.3. The molecule has 0 atom stereocenters. The first-order valence-corrected chi connectivity index (χ1v) is 20.7. The summed E-state index contributed by atoms with van der Waals surface area (Å²) in [7, 11) is 0. The molecule has 278 valence electrons. The van der Waals surface area contributed by atoms with Crippen molar-refractivity contribution in [1.82, 2.24) is 4.57 Å². The zero-order chi connectivity index (χ0) is 38.9. The van der Waals surface area contributed by atoms with Gasteiger partial charge in [-0.25, -0.2) is 0 Å². The molecular formula is C57H40N2. The Balaban J connectivity index is 1.04. The maximum absolute atomic E-state index is 2.51. The fraction of sp³-hybridized carbons (Fsp3) is 0.0526. The monoisotopic (exact) mass is 752 g/mol. The molecule has 1 spiro atoms. The molecule has 2 nitrogen and oxygen atoms in total. The van der Waals surface area contributed by atoms with Crippen LogP contribution < -0.4 is 4.90 Å². The van der Waals surface area contributed by atoms with Crippen molar-refractivity contribution in [3.05, 3.63) is 241 Å². The Bertz CT molecular complexity index is 3200. The summed E-state index contributed by atoms with van der Waals surface area (Å²) in [6, 6.07) is 80.7. The van der Waals surface area contributed by atoms with Crippen molar-refractivity contribution in [2.45, 2.75) is 18.3 Å². The Labute approximate surface area is 344 Å². The lowest BCUT2D eigenvalue weighted by atomic mass is 9.75. The quantitative estimate of drug-likeness (QED) is 0.164. The first kappa shape index (κ1) is 33.7. The van der Waals surface area contributed by atoms with E-state index in [2.05, 4.69) is 228 Å². The van der Waals surface area contributed by atoms with E-state index in [1.165, 1.54) is 83.1 Å². The maximum Gasteiger partial charge on any atom is 0.0541 e. The minimum absolute atomic E-state index is 0.105. The highest BCUT2D eigenvalue weighted by Gasteiger charge is 2.47. The molecule has 0 radical (unpaired) electrons. The van der Waals surface area contributed by atoms with Crippen molar-refractivity contribution in [1.29, 1.82) is 0 Å². The summed E-state index contributed by atoms with van der Waals surface area (Å²) in [4.78, 5) is 2.49. The topological polar surface area (TPSA) is 8.17 Å². The van der Waals surface area contributed by atoms with E-state index in [-0.39, 0.29) is 5.41 Å². The lowest BCUT2D eigenvalue weighted by Gasteiger charge is -2.31. The van der Waals surface area contributed by atoms with Gasteiger partial charge in [0.25, 0.3) is 0 Å². The molecule has 0 fully saturated rings. The highest BCUT2D eigenvalue weighted by molar-refractivity contribution is 6.10. The predicted octanol–water partition coefficient (Wildman–Crippen LogP) is 14.7. The Morgan fingerprint density at radius 3 is 1.81 bits per heavy atom. The van der Waals surface area contributed by atoms with Gasteiger partial charge in [0.15, 0.2) is 0 Å². The van der Waals surface area contributed by atoms with Gasteiger partial charge in [0.1, 0.15) is 0 Å². The van der Waals surface area contributed by atoms with Crippen molar-refractivity contribution >= 4 is 38.9 Å². The van der Waals surface area contributed by atoms with Gasteiger partial charge in [-0.05, 0) is 124 Å². The van der Waals surface area contributed by atoms with Crippen molar-refractivity contribution in [2.75, 3.05) is 4.90 Å². The van der Waals surface area contributed by atoms with E-state index in [4.69, 9.17) is 0 Å². The van der Waals surface area contributed by atoms with Gasteiger partial charge < -0.3 is 9.47 Å². The molecule has 0 aliphatic heterocycles. The summed E-state index contributed by atoms with van der Waals surface area (Å²) in [5.41, 5.74) is 20.2. The van der Waals surface area contributed by atoms with Crippen LogP contribution in [0.2, 0.25) is 0 Å². The average Bonchev–Trinajstić information content (AvgIpc) is 3.95. The van der Waals surface area contributed by atoms with Crippen LogP contribution in [-0.2, 0) is 18.3 Å². The Morgan fingerprint density at radius 2 is 0.983 bits per heavy atom. The SMILES string of the molecule is c1ccc(-c2ccccc2N(c2cccc(-c3ccc4c(c3)c3ccccc3n4-c3ccccc3)c2)c2ccc3c(c2)C2(Cc4ccccc4C2)c2ccccc2-3)cc1. The van der Waals surface area contributed by atoms with E-state index in [0.717, 1.165) is 29.9 Å². The lowest BCUT2D eigenvalue weighted by molar-refractivity contribution is 0.563. The average molecular weight is 753 g/mol. The number of hydrogen-bond donors (Lipinski definition) is 0. The molecule has 59 heavy (non-hydrogen) atoms. The van der Waals surface area contributed by atoms with E-state index < -0.39 is 0 Å². The molecule has 1 aromatic heterocycles. The van der Waals surface area contributed by atoms with Crippen LogP contribution in [0.5, 0.6) is 0 Å². The molecule has 2 aliphatic carbocycles. The van der Waals surface area contributed by atoms with Gasteiger partial charge in [-0.1, -0.05) is 158 Å². The highest BCUT2D eigenvalue weighted by Crippen LogP contribution is 2.57. The summed E-state index contributed by atoms with van der Waals surface area (Å²) in [6.07, 6.45) is 2.02. The number of fused-ring (bicyclic) bond motifs is 9. The number of aromatic nitrogens is 1. The maximum atomic E-state index is 2.51. The molecule has 2 heteroatoms. The zero-order valence-corrected chi connectivity index (χ0v) is 32.6. The third-order valence-corrected chi connectivity index (χ3v) is 13.0. The molecule has 0 N–H and O–H groups in total. The molecule has 1 heterocycles. The van der Waals surface area contributed by atoms with E-state index >= 15 is 0 Å². The number of anilines is 3. The van der Waals surface area contributed by atoms with E-state index in [1.54, 1.807) is 0 Å². The Kier molecular flexibility index (Phi) is 7.61. The fourth-order valence-corrected chi connectivity index (χ4v) is 10.4. The van der Waals surface area contributed by atoms with Gasteiger partial charge in [-0.2, -0.15) is 0 Å². The summed E-state index contributed by atoms with van der Waals surface area (Å²) in [5.74, 6) is 0. The number of hydrogen-bond acceptors (Lipinski definition) is 1. The largest absolute Gasteiger partial charge is 0.310 e. The molecule has 10 aromatic rings. The van der Waals surface area contributed by atoms with Crippen molar-refractivity contribution < 1.29 is 0 Å². The minimum Gasteiger partial charge on any atom is -0.310 e. The number of nitrogens with zero attached hydrogens (tertiary/aromatic N) is 2. The molecule has 0 amide bonds. The second-order valence-corrected chi connectivity index (χ2v) is 16.2. The fourth-order valence-electron chi connectivity index (χ4n) is 10.4. The minimum atomic E-state index is -0.105. The molecule has 0 saturated heterocycles. The van der Waals surface area contributed by atoms with Gasteiger partial charge in [0.05, 0.1) is 16.7 Å². The van der Waals surface area contributed by atoms with Gasteiger partial charge in [0, 0.05) is 38.8 Å². The molecule has 0 saturated carbocycles. The van der Waals surface area contributed by atoms with Crippen LogP contribution in [0.25, 0.3) is 60.9 Å². The molecule has 12 rings (SSSR count). The van der Waals surface area contributed by atoms with Crippen LogP contribution in [0.15, 0.2) is 218 Å². The predicted molar refractivity (Wildman–Crippen MR) is 246 cm³/mol. The first-order chi connectivity index (χ1) is 29.2. The summed E-state index contributed by atoms with van der Waals surface area (Å²) >= 11 is 0. The van der Waals surface area contributed by atoms with Gasteiger partial charge in [-0.15, -0.1) is 0 Å². The smallest absolute Gasteiger partial charge is 0.0541 e. The summed E-state index contributed by atoms with van der Waals surface area (Å²) in [5, 5.41) is 2.50. The van der Waals surface area contributed by atoms with Gasteiger partial charge >= 0.3 is 0 Å². The second-order valence-electron chi connectivity index (χ2n) is 16.2. The summed E-state index contributed by atoms with van der Waals surface area (Å²) < 4.78 is 2.38. The van der Waals surface area contributed by atoms with Crippen molar-refractivity contribution in [3.8, 4) is 39.1 Å². The number of para-hydroxylation sites is 3. The molecule has 0 bridgehead atoms. The zero-order valence-electron chi connectivity index (χ0n) is 32.6. The summed E-state index contributed by atoms with van der Waals surface area (Å²) in [6.45, 7) is 0. The third kappa shape index (κ3) is 5.26. The highest BCUT2D eigenvalue weighted by atomic mass is 15.1. The van der Waals surface area contributed by atoms with Crippen LogP contribution in [0.4, 0.5) is 17.1 Å². The van der Waals surface area contributed by atoms with Crippen LogP contribution in [0.3, 0.4) is 0 Å². The van der Waals surface area contributed by atoms with Crippen LogP contribution in [0, 0.1) is 0 Å². The Hall–Kier alpha value is -7.42. The molecular weight excluding hydrogens is 713 g/mol. The molecule has 9 aromatic carbocycles. The van der Waals surface area contributed by atoms with Crippen LogP contribution in [0.1, 0.15) is 22.3 Å².